The van der Waals surface area contributed by atoms with Crippen LogP contribution in [0, 0.1) is 0 Å². The number of nitrogen functional groups attached to an aromatic ring is 1. The van der Waals surface area contributed by atoms with Gasteiger partial charge >= 0.3 is 6.18 Å². The summed E-state index contributed by atoms with van der Waals surface area (Å²) in [7, 11) is 0. The van der Waals surface area contributed by atoms with Gasteiger partial charge in [-0.3, -0.25) is 9.59 Å². The van der Waals surface area contributed by atoms with Crippen molar-refractivity contribution in [3.05, 3.63) is 81.6 Å². The van der Waals surface area contributed by atoms with Gasteiger partial charge in [-0.2, -0.15) is 28.1 Å². The number of nitrogens with zero attached hydrogens (tertiary/aromatic N) is 7. The van der Waals surface area contributed by atoms with Gasteiger partial charge in [-0.15, -0.1) is 0 Å². The van der Waals surface area contributed by atoms with Crippen molar-refractivity contribution in [2.45, 2.75) is 32.5 Å². The number of halogens is 4. The molecule has 0 atom stereocenters. The Morgan fingerprint density at radius 2 is 1.80 bits per heavy atom. The van der Waals surface area contributed by atoms with Crippen LogP contribution in [-0.2, 0) is 6.54 Å². The van der Waals surface area contributed by atoms with E-state index in [0.717, 1.165) is 11.0 Å². The minimum absolute atomic E-state index is 0.0269. The number of anilines is 2. The molecule has 4 heterocycles. The lowest BCUT2D eigenvalue weighted by Crippen LogP contribution is -2.31. The Morgan fingerprint density at radius 3 is 2.44 bits per heavy atom. The Balaban J connectivity index is 1.47. The molecular formula is C26H21ClF3N9O2. The molecule has 0 aliphatic rings. The summed E-state index contributed by atoms with van der Waals surface area (Å²) in [6, 6.07) is 10.6. The molecule has 5 aromatic rings. The Kier molecular flexibility index (Phi) is 7.17. The van der Waals surface area contributed by atoms with E-state index in [1.165, 1.54) is 30.5 Å². The smallest absolute Gasteiger partial charge is 0.383 e. The zero-order valence-electron chi connectivity index (χ0n) is 21.5. The molecule has 0 fully saturated rings. The van der Waals surface area contributed by atoms with Crippen molar-refractivity contribution in [2.75, 3.05) is 11.1 Å². The number of aromatic nitrogens is 7. The number of nitrogens with two attached hydrogens (primary N) is 1. The first-order valence-electron chi connectivity index (χ1n) is 12.1. The predicted octanol–water partition coefficient (Wildman–Crippen LogP) is 4.61. The van der Waals surface area contributed by atoms with E-state index in [0.29, 0.717) is 26.6 Å². The Morgan fingerprint density at radius 1 is 1.07 bits per heavy atom. The van der Waals surface area contributed by atoms with E-state index in [-0.39, 0.29) is 39.8 Å². The van der Waals surface area contributed by atoms with E-state index >= 15 is 0 Å². The van der Waals surface area contributed by atoms with Crippen molar-refractivity contribution in [1.82, 2.24) is 34.5 Å². The molecular weight excluding hydrogens is 563 g/mol. The van der Waals surface area contributed by atoms with Crippen molar-refractivity contribution >= 4 is 40.0 Å². The van der Waals surface area contributed by atoms with E-state index in [2.05, 4.69) is 30.5 Å². The molecule has 0 spiro atoms. The summed E-state index contributed by atoms with van der Waals surface area (Å²) in [4.78, 5) is 38.4. The summed E-state index contributed by atoms with van der Waals surface area (Å²) in [5.41, 5.74) is 6.41. The zero-order chi connectivity index (χ0) is 29.5. The third-order valence-corrected chi connectivity index (χ3v) is 6.22. The fraction of sp³-hybridized carbons (Fsp3) is 0.192. The largest absolute Gasteiger partial charge is 0.408 e. The maximum absolute atomic E-state index is 13.2. The molecule has 210 valence electrons. The number of pyridine rings is 1. The summed E-state index contributed by atoms with van der Waals surface area (Å²) < 4.78 is 41.1. The molecule has 0 unspecified atom stereocenters. The molecule has 15 heteroatoms. The highest BCUT2D eigenvalue weighted by Crippen LogP contribution is 2.32. The minimum atomic E-state index is -4.53. The highest BCUT2D eigenvalue weighted by molar-refractivity contribution is 6.30. The monoisotopic (exact) mass is 583 g/mol. The number of benzene rings is 1. The molecule has 1 aromatic carbocycles. The molecule has 0 saturated heterocycles. The van der Waals surface area contributed by atoms with E-state index in [1.54, 1.807) is 18.2 Å². The third-order valence-electron chi connectivity index (χ3n) is 6.00. The summed E-state index contributed by atoms with van der Waals surface area (Å²) >= 11 is 5.91. The molecule has 0 aliphatic heterocycles. The fourth-order valence-electron chi connectivity index (χ4n) is 4.03. The lowest BCUT2D eigenvalue weighted by Gasteiger charge is -2.12. The second-order valence-corrected chi connectivity index (χ2v) is 9.74. The van der Waals surface area contributed by atoms with Crippen molar-refractivity contribution in [3.63, 3.8) is 0 Å². The average molecular weight is 584 g/mol. The Labute approximate surface area is 234 Å². The van der Waals surface area contributed by atoms with Gasteiger partial charge in [0.25, 0.3) is 11.5 Å². The zero-order valence-corrected chi connectivity index (χ0v) is 22.3. The maximum Gasteiger partial charge on any atom is 0.408 e. The van der Waals surface area contributed by atoms with Crippen LogP contribution in [0.2, 0.25) is 5.02 Å². The Bertz CT molecular complexity index is 1820. The normalized spacial score (nSPS) is 11.8. The molecule has 0 aliphatic carbocycles. The second kappa shape index (κ2) is 10.6. The van der Waals surface area contributed by atoms with Crippen molar-refractivity contribution < 1.29 is 18.0 Å². The number of carbonyl (C=O) groups is 1. The van der Waals surface area contributed by atoms with Gasteiger partial charge in [0.1, 0.15) is 29.9 Å². The summed E-state index contributed by atoms with van der Waals surface area (Å²) in [5, 5.41) is 11.6. The van der Waals surface area contributed by atoms with Gasteiger partial charge in [0.2, 0.25) is 0 Å². The summed E-state index contributed by atoms with van der Waals surface area (Å²) in [5.74, 6) is -0.627. The lowest BCUT2D eigenvalue weighted by molar-refractivity contribution is -0.141. The quantitative estimate of drug-likeness (QED) is 0.295. The van der Waals surface area contributed by atoms with E-state index < -0.39 is 24.2 Å². The Hall–Kier alpha value is -4.85. The standard InChI is InChI=1S/C26H21ClF3N9O2/c1-13(2)18-9-17(25(41)39(36-18)19-8-5-15(27)10-32-19)24(40)35-16-6-3-14(4-7-16)21-20-22(31)33-12-34-23(20)38(37-21)11-26(28,29)30/h3-10,12-13H,11H2,1-2H3,(H,35,40)(H2,31,33,34). The van der Waals surface area contributed by atoms with Crippen LogP contribution in [0.5, 0.6) is 0 Å². The van der Waals surface area contributed by atoms with Crippen LogP contribution in [0.25, 0.3) is 28.1 Å². The lowest BCUT2D eigenvalue weighted by atomic mass is 10.1. The van der Waals surface area contributed by atoms with Gasteiger partial charge < -0.3 is 11.1 Å². The number of amides is 1. The van der Waals surface area contributed by atoms with Gasteiger partial charge in [-0.05, 0) is 36.2 Å². The van der Waals surface area contributed by atoms with Crippen LogP contribution in [0.1, 0.15) is 35.8 Å². The second-order valence-electron chi connectivity index (χ2n) is 9.30. The number of rotatable bonds is 6. The molecule has 0 saturated carbocycles. The van der Waals surface area contributed by atoms with Crippen LogP contribution < -0.4 is 16.6 Å². The number of nitrogens with one attached hydrogen (secondary N) is 1. The molecule has 11 nitrogen and oxygen atoms in total. The van der Waals surface area contributed by atoms with Crippen LogP contribution >= 0.6 is 11.6 Å². The molecule has 4 aromatic heterocycles. The molecule has 5 rings (SSSR count). The summed E-state index contributed by atoms with van der Waals surface area (Å²) in [6.07, 6.45) is -2.10. The fourth-order valence-corrected chi connectivity index (χ4v) is 4.14. The molecule has 41 heavy (non-hydrogen) atoms. The van der Waals surface area contributed by atoms with Crippen LogP contribution in [-0.4, -0.2) is 46.6 Å². The first kappa shape index (κ1) is 27.7. The first-order valence-corrected chi connectivity index (χ1v) is 12.5. The predicted molar refractivity (Wildman–Crippen MR) is 146 cm³/mol. The topological polar surface area (TPSA) is 146 Å². The SMILES string of the molecule is CC(C)c1cc(C(=O)Nc2ccc(-c3nn(CC(F)(F)F)c4ncnc(N)c34)cc2)c(=O)n(-c2ccc(Cl)cn2)n1. The number of carbonyl (C=O) groups excluding carboxylic acids is 1. The average Bonchev–Trinajstić information content (AvgIpc) is 3.27. The molecule has 3 N–H and O–H groups in total. The third kappa shape index (κ3) is 5.72. The van der Waals surface area contributed by atoms with Gasteiger partial charge in [-0.25, -0.2) is 19.6 Å². The first-order chi connectivity index (χ1) is 19.4. The highest BCUT2D eigenvalue weighted by Gasteiger charge is 2.31. The van der Waals surface area contributed by atoms with Gasteiger partial charge in [-0.1, -0.05) is 37.6 Å². The van der Waals surface area contributed by atoms with Crippen LogP contribution in [0.15, 0.2) is 59.8 Å². The minimum Gasteiger partial charge on any atom is -0.383 e. The number of hydrogen-bond donors (Lipinski definition) is 2. The van der Waals surface area contributed by atoms with Crippen molar-refractivity contribution in [2.24, 2.45) is 0 Å². The van der Waals surface area contributed by atoms with Crippen LogP contribution in [0.4, 0.5) is 24.7 Å². The molecule has 0 radical (unpaired) electrons. The van der Waals surface area contributed by atoms with Crippen molar-refractivity contribution in [3.8, 4) is 17.1 Å². The maximum atomic E-state index is 13.2. The van der Waals surface area contributed by atoms with Gasteiger partial charge in [0, 0.05) is 17.4 Å². The van der Waals surface area contributed by atoms with E-state index in [1.807, 2.05) is 13.8 Å². The number of fused-ring (bicyclic) bond motifs is 1. The summed E-state index contributed by atoms with van der Waals surface area (Å²) in [6.45, 7) is 2.37. The molecule has 0 bridgehead atoms. The number of alkyl halides is 3. The number of hydrogen-bond acceptors (Lipinski definition) is 8. The highest BCUT2D eigenvalue weighted by atomic mass is 35.5. The van der Waals surface area contributed by atoms with Gasteiger partial charge in [0.15, 0.2) is 11.5 Å². The van der Waals surface area contributed by atoms with Gasteiger partial charge in [0.05, 0.1) is 16.1 Å². The van der Waals surface area contributed by atoms with Crippen molar-refractivity contribution in [1.29, 1.82) is 0 Å². The van der Waals surface area contributed by atoms with E-state index in [4.69, 9.17) is 17.3 Å². The van der Waals surface area contributed by atoms with E-state index in [9.17, 15) is 22.8 Å². The molecule has 1 amide bonds. The van der Waals surface area contributed by atoms with Crippen LogP contribution in [0.3, 0.4) is 0 Å².